The third kappa shape index (κ3) is 4.73. The molecular weight excluding hydrogens is 392 g/mol. The monoisotopic (exact) mass is 416 g/mol. The van der Waals surface area contributed by atoms with E-state index in [4.69, 9.17) is 23.2 Å². The van der Waals surface area contributed by atoms with Crippen molar-refractivity contribution >= 4 is 47.0 Å². The van der Waals surface area contributed by atoms with Gasteiger partial charge in [0.25, 0.3) is 0 Å². The maximum atomic E-state index is 6.16. The van der Waals surface area contributed by atoms with E-state index in [1.165, 1.54) is 21.5 Å². The van der Waals surface area contributed by atoms with Crippen molar-refractivity contribution in [2.45, 2.75) is 13.0 Å². The lowest BCUT2D eigenvalue weighted by atomic mass is 10.1. The average Bonchev–Trinajstić information content (AvgIpc) is 2.64. The maximum absolute atomic E-state index is 6.16. The van der Waals surface area contributed by atoms with Crippen LogP contribution in [0.2, 0.25) is 10.0 Å². The number of benzene rings is 3. The highest BCUT2D eigenvalue weighted by molar-refractivity contribution is 7.79. The van der Waals surface area contributed by atoms with Crippen LogP contribution in [0.5, 0.6) is 0 Å². The molecule has 140 valence electrons. The topological polar surface area (TPSA) is 0 Å². The number of rotatable bonds is 5. The summed E-state index contributed by atoms with van der Waals surface area (Å²) in [4.78, 5) is 0. The minimum Gasteiger partial charge on any atom is -0.325 e. The lowest BCUT2D eigenvalue weighted by Crippen LogP contribution is -2.39. The lowest BCUT2D eigenvalue weighted by Gasteiger charge is -2.34. The molecule has 0 aliphatic carbocycles. The SMILES string of the molecule is CC(c1ccccc1P(c1ccc(Cl)cc1)c1ccc(Cl)cc1)[N+](C)(C)C. The van der Waals surface area contributed by atoms with Gasteiger partial charge in [0.1, 0.15) is 6.04 Å². The van der Waals surface area contributed by atoms with Crippen LogP contribution in [0.3, 0.4) is 0 Å². The van der Waals surface area contributed by atoms with E-state index in [0.717, 1.165) is 14.5 Å². The van der Waals surface area contributed by atoms with Gasteiger partial charge in [-0.05, 0) is 55.0 Å². The standard InChI is InChI=1S/C23H25Cl2NP/c1-17(26(2,3)4)22-7-5-6-8-23(22)27(20-13-9-18(24)10-14-20)21-15-11-19(25)12-16-21/h5-17H,1-4H3/q+1. The van der Waals surface area contributed by atoms with Crippen molar-refractivity contribution in [2.75, 3.05) is 21.1 Å². The highest BCUT2D eigenvalue weighted by atomic mass is 35.5. The quantitative estimate of drug-likeness (QED) is 0.379. The van der Waals surface area contributed by atoms with Crippen molar-refractivity contribution < 1.29 is 4.48 Å². The van der Waals surface area contributed by atoms with Gasteiger partial charge in [0.2, 0.25) is 0 Å². The van der Waals surface area contributed by atoms with Crippen LogP contribution < -0.4 is 15.9 Å². The van der Waals surface area contributed by atoms with Gasteiger partial charge in [-0.1, -0.05) is 71.7 Å². The Morgan fingerprint density at radius 3 is 1.59 bits per heavy atom. The minimum atomic E-state index is -0.698. The molecule has 0 bridgehead atoms. The summed E-state index contributed by atoms with van der Waals surface area (Å²) in [6.07, 6.45) is 0. The van der Waals surface area contributed by atoms with Gasteiger partial charge in [-0.15, -0.1) is 0 Å². The Morgan fingerprint density at radius 1 is 0.704 bits per heavy atom. The van der Waals surface area contributed by atoms with Gasteiger partial charge in [-0.3, -0.25) is 0 Å². The Morgan fingerprint density at radius 2 is 1.15 bits per heavy atom. The average molecular weight is 417 g/mol. The van der Waals surface area contributed by atoms with E-state index in [-0.39, 0.29) is 0 Å². The zero-order valence-corrected chi connectivity index (χ0v) is 18.6. The maximum Gasteiger partial charge on any atom is 0.112 e. The van der Waals surface area contributed by atoms with Crippen molar-refractivity contribution in [1.82, 2.24) is 0 Å². The van der Waals surface area contributed by atoms with Gasteiger partial charge in [0.05, 0.1) is 21.1 Å². The predicted molar refractivity (Wildman–Crippen MR) is 122 cm³/mol. The number of hydrogen-bond donors (Lipinski definition) is 0. The molecule has 4 heteroatoms. The highest BCUT2D eigenvalue weighted by Crippen LogP contribution is 2.37. The van der Waals surface area contributed by atoms with Crippen LogP contribution in [-0.4, -0.2) is 25.6 Å². The van der Waals surface area contributed by atoms with Crippen LogP contribution in [0.25, 0.3) is 0 Å². The van der Waals surface area contributed by atoms with E-state index < -0.39 is 7.92 Å². The number of nitrogens with zero attached hydrogens (tertiary/aromatic N) is 1. The molecule has 3 rings (SSSR count). The molecule has 0 spiro atoms. The molecule has 1 nitrogen and oxygen atoms in total. The molecule has 0 saturated carbocycles. The molecule has 0 aromatic heterocycles. The molecule has 0 amide bonds. The van der Waals surface area contributed by atoms with Crippen molar-refractivity contribution in [3.05, 3.63) is 88.4 Å². The number of hydrogen-bond acceptors (Lipinski definition) is 0. The molecule has 1 unspecified atom stereocenters. The molecule has 1 atom stereocenters. The van der Waals surface area contributed by atoms with Crippen molar-refractivity contribution in [3.8, 4) is 0 Å². The summed E-state index contributed by atoms with van der Waals surface area (Å²) in [6.45, 7) is 2.30. The molecule has 3 aromatic carbocycles. The summed E-state index contributed by atoms with van der Waals surface area (Å²) in [6, 6.07) is 25.7. The molecular formula is C23H25Cl2NP+. The second-order valence-corrected chi connectivity index (χ2v) is 10.7. The van der Waals surface area contributed by atoms with Gasteiger partial charge >= 0.3 is 0 Å². The second kappa shape index (κ2) is 8.33. The van der Waals surface area contributed by atoms with Crippen molar-refractivity contribution in [3.63, 3.8) is 0 Å². The Bertz CT molecular complexity index is 853. The fourth-order valence-electron chi connectivity index (χ4n) is 3.07. The summed E-state index contributed by atoms with van der Waals surface area (Å²) >= 11 is 12.3. The Hall–Kier alpha value is -1.37. The largest absolute Gasteiger partial charge is 0.325 e. The Kier molecular flexibility index (Phi) is 6.28. The lowest BCUT2D eigenvalue weighted by molar-refractivity contribution is -0.900. The van der Waals surface area contributed by atoms with Crippen LogP contribution >= 0.6 is 31.1 Å². The first kappa shape index (κ1) is 20.4. The zero-order valence-electron chi connectivity index (χ0n) is 16.2. The normalized spacial score (nSPS) is 13.0. The molecule has 0 N–H and O–H groups in total. The molecule has 0 aliphatic heterocycles. The van der Waals surface area contributed by atoms with Crippen molar-refractivity contribution in [2.24, 2.45) is 0 Å². The van der Waals surface area contributed by atoms with Crippen LogP contribution in [0.4, 0.5) is 0 Å². The first-order chi connectivity index (χ1) is 12.8. The molecule has 0 radical (unpaired) electrons. The van der Waals surface area contributed by atoms with Gasteiger partial charge in [-0.2, -0.15) is 0 Å². The molecule has 3 aromatic rings. The molecule has 0 aliphatic rings. The molecule has 0 saturated heterocycles. The smallest absolute Gasteiger partial charge is 0.112 e. The Balaban J connectivity index is 2.20. The first-order valence-electron chi connectivity index (χ1n) is 8.98. The van der Waals surface area contributed by atoms with E-state index >= 15 is 0 Å². The Labute approximate surface area is 173 Å². The summed E-state index contributed by atoms with van der Waals surface area (Å²) in [5.74, 6) is 0. The predicted octanol–water partition coefficient (Wildman–Crippen LogP) is 5.52. The fourth-order valence-corrected chi connectivity index (χ4v) is 5.82. The molecule has 0 heterocycles. The second-order valence-electron chi connectivity index (χ2n) is 7.64. The molecule has 0 fully saturated rings. The summed E-state index contributed by atoms with van der Waals surface area (Å²) in [5, 5.41) is 5.49. The van der Waals surface area contributed by atoms with Gasteiger partial charge in [-0.25, -0.2) is 0 Å². The third-order valence-corrected chi connectivity index (χ3v) is 7.98. The third-order valence-electron chi connectivity index (χ3n) is 4.96. The summed E-state index contributed by atoms with van der Waals surface area (Å²) < 4.78 is 0.876. The van der Waals surface area contributed by atoms with Gasteiger partial charge in [0, 0.05) is 15.6 Å². The van der Waals surface area contributed by atoms with Crippen LogP contribution in [-0.2, 0) is 0 Å². The van der Waals surface area contributed by atoms with Gasteiger partial charge in [0.15, 0.2) is 0 Å². The van der Waals surface area contributed by atoms with E-state index in [0.29, 0.717) is 6.04 Å². The zero-order chi connectivity index (χ0) is 19.6. The van der Waals surface area contributed by atoms with Crippen LogP contribution in [0, 0.1) is 0 Å². The molecule has 27 heavy (non-hydrogen) atoms. The minimum absolute atomic E-state index is 0.380. The summed E-state index contributed by atoms with van der Waals surface area (Å²) in [5.41, 5.74) is 1.39. The summed E-state index contributed by atoms with van der Waals surface area (Å²) in [7, 11) is 6.03. The van der Waals surface area contributed by atoms with E-state index in [2.05, 4.69) is 76.6 Å². The van der Waals surface area contributed by atoms with E-state index in [1.807, 2.05) is 24.3 Å². The fraction of sp³-hybridized carbons (Fsp3) is 0.217. The van der Waals surface area contributed by atoms with Crippen LogP contribution in [0.1, 0.15) is 18.5 Å². The number of quaternary nitrogens is 1. The van der Waals surface area contributed by atoms with E-state index in [9.17, 15) is 0 Å². The first-order valence-corrected chi connectivity index (χ1v) is 11.1. The van der Waals surface area contributed by atoms with Gasteiger partial charge < -0.3 is 4.48 Å². The van der Waals surface area contributed by atoms with Crippen molar-refractivity contribution in [1.29, 1.82) is 0 Å². The highest BCUT2D eigenvalue weighted by Gasteiger charge is 2.27. The van der Waals surface area contributed by atoms with E-state index in [1.54, 1.807) is 0 Å². The number of halogens is 2. The van der Waals surface area contributed by atoms with Crippen LogP contribution in [0.15, 0.2) is 72.8 Å².